The predicted octanol–water partition coefficient (Wildman–Crippen LogP) is 6.79. The number of carbonyl (C=O) groups excluding carboxylic acids is 2. The fourth-order valence-corrected chi connectivity index (χ4v) is 9.98. The molecule has 0 heterocycles. The SMILES string of the molecule is CCCCNC(=O)[C@H](Cc1ccccc1)N(Cc1cccc(C)c1)C(=O)CN(c1ccc(C23CC4CC(CC(C4)C2)C3)cc1)S(C)(=O)=O. The normalized spacial score (nSPS) is 23.4. The molecule has 0 radical (unpaired) electrons. The van der Waals surface area contributed by atoms with E-state index in [0.29, 0.717) is 18.7 Å². The fraction of sp³-hybridized carbons (Fsp3) is 0.500. The van der Waals surface area contributed by atoms with Crippen molar-refractivity contribution in [2.75, 3.05) is 23.7 Å². The van der Waals surface area contributed by atoms with Gasteiger partial charge in [0, 0.05) is 19.5 Å². The topological polar surface area (TPSA) is 86.8 Å². The number of hydrogen-bond acceptors (Lipinski definition) is 4. The summed E-state index contributed by atoms with van der Waals surface area (Å²) in [4.78, 5) is 29.9. The molecule has 4 saturated carbocycles. The minimum atomic E-state index is -3.82. The van der Waals surface area contributed by atoms with Crippen molar-refractivity contribution in [3.63, 3.8) is 0 Å². The Kier molecular flexibility index (Phi) is 10.3. The molecule has 0 aliphatic heterocycles. The van der Waals surface area contributed by atoms with E-state index in [0.717, 1.165) is 53.5 Å². The molecule has 7 rings (SSSR count). The van der Waals surface area contributed by atoms with Crippen molar-refractivity contribution in [3.8, 4) is 0 Å². The monoisotopic (exact) mass is 669 g/mol. The van der Waals surface area contributed by atoms with E-state index in [1.807, 2.05) is 73.7 Å². The summed E-state index contributed by atoms with van der Waals surface area (Å²) in [6.07, 6.45) is 11.0. The van der Waals surface area contributed by atoms with Crippen molar-refractivity contribution in [3.05, 3.63) is 101 Å². The van der Waals surface area contributed by atoms with Crippen LogP contribution in [-0.2, 0) is 38.0 Å². The molecule has 7 nitrogen and oxygen atoms in total. The van der Waals surface area contributed by atoms with Crippen molar-refractivity contribution >= 4 is 27.5 Å². The molecule has 0 aromatic heterocycles. The highest BCUT2D eigenvalue weighted by molar-refractivity contribution is 7.92. The van der Waals surface area contributed by atoms with E-state index in [-0.39, 0.29) is 17.9 Å². The molecule has 3 aromatic carbocycles. The standard InChI is InChI=1S/C40H51N3O4S/c1-4-5-18-41-39(45)37(23-30-11-7-6-8-12-30)42(27-31-13-9-10-29(2)19-31)38(44)28-43(48(3,46)47)36-16-14-35(15-17-36)40-24-32-20-33(25-40)22-34(21-32)26-40/h6-17,19,32-34,37H,4-5,18,20-28H2,1-3H3,(H,41,45)/t32?,33?,34?,37-,40?/m0/s1. The molecule has 4 bridgehead atoms. The number of nitrogens with one attached hydrogen (secondary N) is 1. The molecular weight excluding hydrogens is 619 g/mol. The Balaban J connectivity index is 1.30. The molecule has 0 unspecified atom stereocenters. The van der Waals surface area contributed by atoms with Gasteiger partial charge in [-0.2, -0.15) is 0 Å². The van der Waals surface area contributed by atoms with Crippen LogP contribution in [0.1, 0.15) is 80.5 Å². The number of carbonyl (C=O) groups is 2. The van der Waals surface area contributed by atoms with Crippen LogP contribution in [0.25, 0.3) is 0 Å². The zero-order valence-corrected chi connectivity index (χ0v) is 29.6. The van der Waals surface area contributed by atoms with Crippen molar-refractivity contribution in [1.29, 1.82) is 0 Å². The van der Waals surface area contributed by atoms with Gasteiger partial charge in [0.25, 0.3) is 0 Å². The molecule has 4 aliphatic rings. The van der Waals surface area contributed by atoms with Crippen molar-refractivity contribution in [2.45, 2.75) is 89.6 Å². The van der Waals surface area contributed by atoms with Gasteiger partial charge in [-0.1, -0.05) is 85.6 Å². The predicted molar refractivity (Wildman–Crippen MR) is 192 cm³/mol. The summed E-state index contributed by atoms with van der Waals surface area (Å²) in [5.41, 5.74) is 4.83. The molecule has 1 atom stereocenters. The number of unbranched alkanes of at least 4 members (excludes halogenated alkanes) is 1. The number of anilines is 1. The van der Waals surface area contributed by atoms with Crippen LogP contribution in [-0.4, -0.2) is 50.5 Å². The molecule has 1 N–H and O–H groups in total. The second-order valence-corrected chi connectivity index (χ2v) is 16.8. The van der Waals surface area contributed by atoms with E-state index in [9.17, 15) is 18.0 Å². The van der Waals surface area contributed by atoms with Gasteiger partial charge in [-0.3, -0.25) is 13.9 Å². The van der Waals surface area contributed by atoms with Crippen LogP contribution >= 0.6 is 0 Å². The highest BCUT2D eigenvalue weighted by Crippen LogP contribution is 2.60. The quantitative estimate of drug-likeness (QED) is 0.192. The van der Waals surface area contributed by atoms with E-state index in [2.05, 4.69) is 24.4 Å². The third-order valence-electron chi connectivity index (χ3n) is 11.0. The summed E-state index contributed by atoms with van der Waals surface area (Å²) < 4.78 is 27.9. The first kappa shape index (κ1) is 34.2. The largest absolute Gasteiger partial charge is 0.354 e. The number of benzene rings is 3. The number of hydrogen-bond donors (Lipinski definition) is 1. The average molecular weight is 670 g/mol. The summed E-state index contributed by atoms with van der Waals surface area (Å²) in [5, 5.41) is 3.05. The summed E-state index contributed by atoms with van der Waals surface area (Å²) in [6.45, 7) is 4.36. The minimum absolute atomic E-state index is 0.182. The molecule has 4 aliphatic carbocycles. The molecule has 2 amide bonds. The van der Waals surface area contributed by atoms with Gasteiger partial charge in [0.05, 0.1) is 11.9 Å². The Hall–Kier alpha value is -3.65. The zero-order chi connectivity index (χ0) is 33.9. The lowest BCUT2D eigenvalue weighted by molar-refractivity contribution is -0.140. The Morgan fingerprint density at radius 2 is 1.50 bits per heavy atom. The first-order chi connectivity index (χ1) is 23.0. The van der Waals surface area contributed by atoms with E-state index in [4.69, 9.17) is 0 Å². The third-order valence-corrected chi connectivity index (χ3v) is 12.2. The van der Waals surface area contributed by atoms with E-state index in [1.54, 1.807) is 4.90 Å². The summed E-state index contributed by atoms with van der Waals surface area (Å²) in [7, 11) is -3.82. The molecular formula is C40H51N3O4S. The van der Waals surface area contributed by atoms with Gasteiger partial charge >= 0.3 is 0 Å². The highest BCUT2D eigenvalue weighted by Gasteiger charge is 2.51. The summed E-state index contributed by atoms with van der Waals surface area (Å²) >= 11 is 0. The first-order valence-corrected chi connectivity index (χ1v) is 19.6. The van der Waals surface area contributed by atoms with Gasteiger partial charge in [-0.25, -0.2) is 8.42 Å². The molecule has 256 valence electrons. The Morgan fingerprint density at radius 1 is 0.875 bits per heavy atom. The van der Waals surface area contributed by atoms with Crippen LogP contribution < -0.4 is 9.62 Å². The third kappa shape index (κ3) is 7.80. The van der Waals surface area contributed by atoms with Crippen LogP contribution in [0.15, 0.2) is 78.9 Å². The number of amides is 2. The van der Waals surface area contributed by atoms with Crippen molar-refractivity contribution < 1.29 is 18.0 Å². The van der Waals surface area contributed by atoms with Crippen LogP contribution in [0.4, 0.5) is 5.69 Å². The van der Waals surface area contributed by atoms with Gasteiger partial charge in [0.15, 0.2) is 0 Å². The van der Waals surface area contributed by atoms with Gasteiger partial charge < -0.3 is 10.2 Å². The lowest BCUT2D eigenvalue weighted by Crippen LogP contribution is -2.53. The second-order valence-electron chi connectivity index (χ2n) is 14.9. The van der Waals surface area contributed by atoms with Gasteiger partial charge in [0.1, 0.15) is 12.6 Å². The van der Waals surface area contributed by atoms with Crippen LogP contribution in [0, 0.1) is 24.7 Å². The van der Waals surface area contributed by atoms with E-state index in [1.165, 1.54) is 48.4 Å². The van der Waals surface area contributed by atoms with Crippen LogP contribution in [0.3, 0.4) is 0 Å². The Bertz CT molecular complexity index is 1650. The van der Waals surface area contributed by atoms with Crippen molar-refractivity contribution in [2.24, 2.45) is 17.8 Å². The maximum absolute atomic E-state index is 14.5. The molecule has 0 saturated heterocycles. The molecule has 3 aromatic rings. The molecule has 8 heteroatoms. The van der Waals surface area contributed by atoms with E-state index >= 15 is 0 Å². The van der Waals surface area contributed by atoms with Crippen LogP contribution in [0.2, 0.25) is 0 Å². The average Bonchev–Trinajstić information content (AvgIpc) is 3.04. The number of rotatable bonds is 14. The maximum atomic E-state index is 14.5. The summed E-state index contributed by atoms with van der Waals surface area (Å²) in [5.74, 6) is 1.77. The first-order valence-electron chi connectivity index (χ1n) is 17.8. The number of sulfonamides is 1. The molecule has 48 heavy (non-hydrogen) atoms. The summed E-state index contributed by atoms with van der Waals surface area (Å²) in [6, 6.07) is 24.7. The Morgan fingerprint density at radius 3 is 2.08 bits per heavy atom. The second kappa shape index (κ2) is 14.5. The van der Waals surface area contributed by atoms with Crippen molar-refractivity contribution in [1.82, 2.24) is 10.2 Å². The fourth-order valence-electron chi connectivity index (χ4n) is 9.13. The highest BCUT2D eigenvalue weighted by atomic mass is 32.2. The maximum Gasteiger partial charge on any atom is 0.244 e. The lowest BCUT2D eigenvalue weighted by Gasteiger charge is -2.57. The van der Waals surface area contributed by atoms with Gasteiger partial charge in [-0.05, 0) is 104 Å². The molecule has 4 fully saturated rings. The van der Waals surface area contributed by atoms with Gasteiger partial charge in [0.2, 0.25) is 21.8 Å². The molecule has 0 spiro atoms. The number of nitrogens with zero attached hydrogens (tertiary/aromatic N) is 2. The number of aryl methyl sites for hydroxylation is 1. The Labute approximate surface area is 287 Å². The van der Waals surface area contributed by atoms with Crippen LogP contribution in [0.5, 0.6) is 0 Å². The minimum Gasteiger partial charge on any atom is -0.354 e. The lowest BCUT2D eigenvalue weighted by atomic mass is 9.48. The van der Waals surface area contributed by atoms with E-state index < -0.39 is 28.5 Å². The van der Waals surface area contributed by atoms with Gasteiger partial charge in [-0.15, -0.1) is 0 Å². The zero-order valence-electron chi connectivity index (χ0n) is 28.7. The smallest absolute Gasteiger partial charge is 0.244 e.